The Morgan fingerprint density at radius 3 is 2.54 bits per heavy atom. The molecule has 1 N–H and O–H groups in total. The van der Waals surface area contributed by atoms with Gasteiger partial charge in [-0.05, 0) is 5.56 Å². The van der Waals surface area contributed by atoms with Crippen LogP contribution in [0.5, 0.6) is 0 Å². The number of hydrogen-bond donors (Lipinski definition) is 1. The van der Waals surface area contributed by atoms with Gasteiger partial charge in [0.25, 0.3) is 5.91 Å². The summed E-state index contributed by atoms with van der Waals surface area (Å²) in [5, 5.41) is 7.18. The molecule has 3 rings (SSSR count). The van der Waals surface area contributed by atoms with Gasteiger partial charge in [0.05, 0.1) is 18.3 Å². The minimum absolute atomic E-state index is 0.187. The van der Waals surface area contributed by atoms with Gasteiger partial charge in [-0.2, -0.15) is 5.10 Å². The summed E-state index contributed by atoms with van der Waals surface area (Å²) < 4.78 is 1.86. The van der Waals surface area contributed by atoms with Gasteiger partial charge in [0.2, 0.25) is 0 Å². The molecule has 2 aromatic heterocycles. The van der Waals surface area contributed by atoms with Gasteiger partial charge in [-0.1, -0.05) is 37.3 Å². The highest BCUT2D eigenvalue weighted by atomic mass is 16.1. The van der Waals surface area contributed by atoms with E-state index in [1.165, 1.54) is 5.56 Å². The van der Waals surface area contributed by atoms with Crippen LogP contribution in [0.3, 0.4) is 0 Å². The molecule has 0 unspecified atom stereocenters. The predicted octanol–water partition coefficient (Wildman–Crippen LogP) is 2.21. The lowest BCUT2D eigenvalue weighted by Gasteiger charge is -2.04. The first-order valence-electron chi connectivity index (χ1n) is 7.89. The average Bonchev–Trinajstić information content (AvgIpc) is 3.08. The molecule has 24 heavy (non-hydrogen) atoms. The van der Waals surface area contributed by atoms with Gasteiger partial charge >= 0.3 is 0 Å². The third kappa shape index (κ3) is 4.04. The van der Waals surface area contributed by atoms with E-state index in [1.807, 2.05) is 36.0 Å². The van der Waals surface area contributed by atoms with Gasteiger partial charge in [0.1, 0.15) is 5.82 Å². The zero-order valence-corrected chi connectivity index (χ0v) is 13.5. The van der Waals surface area contributed by atoms with Crippen molar-refractivity contribution in [2.75, 3.05) is 0 Å². The van der Waals surface area contributed by atoms with E-state index in [0.717, 1.165) is 17.8 Å². The number of nitrogens with zero attached hydrogens (tertiary/aromatic N) is 4. The second kappa shape index (κ2) is 7.50. The number of benzene rings is 1. The Morgan fingerprint density at radius 1 is 1.08 bits per heavy atom. The second-order valence-electron chi connectivity index (χ2n) is 5.46. The first-order valence-corrected chi connectivity index (χ1v) is 7.89. The van der Waals surface area contributed by atoms with Crippen LogP contribution in [0, 0.1) is 0 Å². The molecule has 0 spiro atoms. The summed E-state index contributed by atoms with van der Waals surface area (Å²) in [7, 11) is 0. The first-order chi connectivity index (χ1) is 11.7. The molecule has 2 heterocycles. The number of aryl methyl sites for hydroxylation is 1. The lowest BCUT2D eigenvalue weighted by Crippen LogP contribution is -2.23. The van der Waals surface area contributed by atoms with Crippen LogP contribution in [0.1, 0.15) is 34.2 Å². The molecule has 1 aromatic carbocycles. The zero-order chi connectivity index (χ0) is 16.8. The standard InChI is InChI=1S/C18H19N5O/c1-2-17-19-10-16(11-20-17)18(24)21-8-15-9-22-23(13-15)12-14-6-4-3-5-7-14/h3-7,9-11,13H,2,8,12H2,1H3,(H,21,24). The van der Waals surface area contributed by atoms with Gasteiger partial charge in [-0.15, -0.1) is 0 Å². The monoisotopic (exact) mass is 321 g/mol. The van der Waals surface area contributed by atoms with Crippen molar-refractivity contribution in [2.45, 2.75) is 26.4 Å². The fraction of sp³-hybridized carbons (Fsp3) is 0.222. The van der Waals surface area contributed by atoms with Crippen LogP contribution >= 0.6 is 0 Å². The Bertz CT molecular complexity index is 796. The molecule has 0 fully saturated rings. The quantitative estimate of drug-likeness (QED) is 0.755. The summed E-state index contributed by atoms with van der Waals surface area (Å²) >= 11 is 0. The summed E-state index contributed by atoms with van der Waals surface area (Å²) in [6.07, 6.45) is 7.56. The molecule has 0 aliphatic rings. The highest BCUT2D eigenvalue weighted by Crippen LogP contribution is 2.04. The molecule has 6 nitrogen and oxygen atoms in total. The maximum absolute atomic E-state index is 12.1. The average molecular weight is 321 g/mol. The van der Waals surface area contributed by atoms with Gasteiger partial charge in [-0.3, -0.25) is 9.48 Å². The highest BCUT2D eigenvalue weighted by Gasteiger charge is 2.07. The third-order valence-corrected chi connectivity index (χ3v) is 3.61. The van der Waals surface area contributed by atoms with Crippen molar-refractivity contribution < 1.29 is 4.79 Å². The van der Waals surface area contributed by atoms with Crippen molar-refractivity contribution in [2.24, 2.45) is 0 Å². The van der Waals surface area contributed by atoms with E-state index in [0.29, 0.717) is 18.7 Å². The Kier molecular flexibility index (Phi) is 4.96. The number of hydrogen-bond acceptors (Lipinski definition) is 4. The predicted molar refractivity (Wildman–Crippen MR) is 90.4 cm³/mol. The Hall–Kier alpha value is -3.02. The van der Waals surface area contributed by atoms with E-state index < -0.39 is 0 Å². The summed E-state index contributed by atoms with van der Waals surface area (Å²) in [5.74, 6) is 0.544. The molecule has 3 aromatic rings. The zero-order valence-electron chi connectivity index (χ0n) is 13.5. The first kappa shape index (κ1) is 15.9. The van der Waals surface area contributed by atoms with E-state index in [2.05, 4.69) is 32.5 Å². The van der Waals surface area contributed by atoms with E-state index in [-0.39, 0.29) is 5.91 Å². The molecule has 122 valence electrons. The van der Waals surface area contributed by atoms with Crippen molar-refractivity contribution in [1.82, 2.24) is 25.1 Å². The van der Waals surface area contributed by atoms with Crippen molar-refractivity contribution in [3.8, 4) is 0 Å². The van der Waals surface area contributed by atoms with E-state index in [4.69, 9.17) is 0 Å². The number of nitrogens with one attached hydrogen (secondary N) is 1. The second-order valence-corrected chi connectivity index (χ2v) is 5.46. The number of amides is 1. The Morgan fingerprint density at radius 2 is 1.83 bits per heavy atom. The number of rotatable bonds is 6. The minimum Gasteiger partial charge on any atom is -0.348 e. The number of carbonyl (C=O) groups excluding carboxylic acids is 1. The fourth-order valence-electron chi connectivity index (χ4n) is 2.29. The maximum atomic E-state index is 12.1. The van der Waals surface area contributed by atoms with Gasteiger partial charge in [-0.25, -0.2) is 9.97 Å². The SMILES string of the molecule is CCc1ncc(C(=O)NCc2cnn(Cc3ccccc3)c2)cn1. The number of aromatic nitrogens is 4. The van der Waals surface area contributed by atoms with Crippen LogP contribution in [-0.4, -0.2) is 25.7 Å². The lowest BCUT2D eigenvalue weighted by molar-refractivity contribution is 0.0950. The minimum atomic E-state index is -0.187. The van der Waals surface area contributed by atoms with Crippen LogP contribution < -0.4 is 5.32 Å². The molecular formula is C18H19N5O. The smallest absolute Gasteiger partial charge is 0.254 e. The summed E-state index contributed by atoms with van der Waals surface area (Å²) in [6, 6.07) is 10.1. The van der Waals surface area contributed by atoms with Gasteiger partial charge < -0.3 is 5.32 Å². The van der Waals surface area contributed by atoms with Crippen LogP contribution in [0.2, 0.25) is 0 Å². The van der Waals surface area contributed by atoms with Gasteiger partial charge in [0, 0.05) is 37.1 Å². The molecule has 0 saturated carbocycles. The molecule has 1 amide bonds. The molecule has 0 aliphatic carbocycles. The van der Waals surface area contributed by atoms with Crippen LogP contribution in [0.25, 0.3) is 0 Å². The van der Waals surface area contributed by atoms with Crippen molar-refractivity contribution >= 4 is 5.91 Å². The van der Waals surface area contributed by atoms with E-state index >= 15 is 0 Å². The Labute approximate surface area is 140 Å². The van der Waals surface area contributed by atoms with Crippen molar-refractivity contribution in [3.05, 3.63) is 77.6 Å². The van der Waals surface area contributed by atoms with Gasteiger partial charge in [0.15, 0.2) is 0 Å². The molecule has 0 radical (unpaired) electrons. The normalized spacial score (nSPS) is 10.5. The topological polar surface area (TPSA) is 72.7 Å². The summed E-state index contributed by atoms with van der Waals surface area (Å²) in [4.78, 5) is 20.4. The molecular weight excluding hydrogens is 302 g/mol. The number of carbonyl (C=O) groups is 1. The van der Waals surface area contributed by atoms with E-state index in [1.54, 1.807) is 18.6 Å². The molecule has 6 heteroatoms. The van der Waals surface area contributed by atoms with E-state index in [9.17, 15) is 4.79 Å². The van der Waals surface area contributed by atoms with Crippen molar-refractivity contribution in [1.29, 1.82) is 0 Å². The maximum Gasteiger partial charge on any atom is 0.254 e. The Balaban J connectivity index is 1.55. The molecule has 0 bridgehead atoms. The van der Waals surface area contributed by atoms with Crippen LogP contribution in [0.4, 0.5) is 0 Å². The molecule has 0 aliphatic heterocycles. The summed E-state index contributed by atoms with van der Waals surface area (Å²) in [6.45, 7) is 3.10. The molecule has 0 atom stereocenters. The van der Waals surface area contributed by atoms with Crippen LogP contribution in [-0.2, 0) is 19.5 Å². The van der Waals surface area contributed by atoms with Crippen molar-refractivity contribution in [3.63, 3.8) is 0 Å². The largest absolute Gasteiger partial charge is 0.348 e. The fourth-order valence-corrected chi connectivity index (χ4v) is 2.29. The summed E-state index contributed by atoms with van der Waals surface area (Å²) in [5.41, 5.74) is 2.60. The van der Waals surface area contributed by atoms with Crippen LogP contribution in [0.15, 0.2) is 55.1 Å². The highest BCUT2D eigenvalue weighted by molar-refractivity contribution is 5.93. The third-order valence-electron chi connectivity index (χ3n) is 3.61. The molecule has 0 saturated heterocycles. The lowest BCUT2D eigenvalue weighted by atomic mass is 10.2.